The number of nitro benzene ring substituents is 1. The minimum absolute atomic E-state index is 0.0249. The summed E-state index contributed by atoms with van der Waals surface area (Å²) in [6.45, 7) is 0.620. The second kappa shape index (κ2) is 12.9. The van der Waals surface area contributed by atoms with E-state index in [4.69, 9.17) is 20.6 Å². The van der Waals surface area contributed by atoms with E-state index < -0.39 is 16.7 Å². The first-order valence-corrected chi connectivity index (χ1v) is 11.6. The number of nitrogens with one attached hydrogen (secondary N) is 1. The Morgan fingerprint density at radius 3 is 2.49 bits per heavy atom. The lowest BCUT2D eigenvalue weighted by molar-refractivity contribution is -0.386. The molecule has 2 aromatic carbocycles. The van der Waals surface area contributed by atoms with Crippen LogP contribution in [0, 0.1) is 10.1 Å². The molecule has 0 saturated heterocycles. The first-order valence-electron chi connectivity index (χ1n) is 10.7. The van der Waals surface area contributed by atoms with Gasteiger partial charge in [0.2, 0.25) is 5.91 Å². The number of furan rings is 1. The van der Waals surface area contributed by atoms with Crippen molar-refractivity contribution in [2.24, 2.45) is 11.5 Å². The molecule has 12 heteroatoms. The largest absolute Gasteiger partial charge is 0.460 e. The minimum Gasteiger partial charge on any atom is -0.460 e. The molecule has 4 rings (SSSR count). The summed E-state index contributed by atoms with van der Waals surface area (Å²) in [4.78, 5) is 33.3. The van der Waals surface area contributed by atoms with E-state index in [-0.39, 0.29) is 29.6 Å². The standard InChI is InChI=1S/C16H14N2O2S.C9H10N2O5/c17-16(19)15-14(6-7-20-15)11-8-13(21-10-11)9-18-12-4-2-1-3-5-12;1-15-5-16-8-3-2-6(9(10)12)4-7(8)11(13)14/h1-8,10,18H,9H2,(H2,17,19);2-4H,5H2,1H3,(H2,10,12). The van der Waals surface area contributed by atoms with Crippen LogP contribution in [0.2, 0.25) is 0 Å². The van der Waals surface area contributed by atoms with Crippen molar-refractivity contribution in [2.75, 3.05) is 19.2 Å². The number of nitro groups is 1. The number of benzene rings is 2. The Morgan fingerprint density at radius 2 is 1.84 bits per heavy atom. The number of carbonyl (C=O) groups is 2. The maximum absolute atomic E-state index is 11.3. The van der Waals surface area contributed by atoms with Crippen molar-refractivity contribution < 1.29 is 28.4 Å². The molecule has 0 fully saturated rings. The predicted molar refractivity (Wildman–Crippen MR) is 138 cm³/mol. The minimum atomic E-state index is -0.735. The van der Waals surface area contributed by atoms with Gasteiger partial charge in [0.25, 0.3) is 5.91 Å². The maximum atomic E-state index is 11.3. The van der Waals surface area contributed by atoms with Crippen LogP contribution in [0.5, 0.6) is 5.75 Å². The number of hydrogen-bond donors (Lipinski definition) is 3. The molecular weight excluding hydrogens is 500 g/mol. The van der Waals surface area contributed by atoms with Gasteiger partial charge in [-0.3, -0.25) is 19.7 Å². The highest BCUT2D eigenvalue weighted by Gasteiger charge is 2.18. The lowest BCUT2D eigenvalue weighted by Crippen LogP contribution is -2.11. The van der Waals surface area contributed by atoms with Crippen LogP contribution in [-0.2, 0) is 11.3 Å². The van der Waals surface area contributed by atoms with Gasteiger partial charge in [0.05, 0.1) is 11.2 Å². The number of nitrogens with two attached hydrogens (primary N) is 2. The van der Waals surface area contributed by atoms with Crippen LogP contribution < -0.4 is 21.5 Å². The van der Waals surface area contributed by atoms with Crippen LogP contribution in [0.15, 0.2) is 76.7 Å². The van der Waals surface area contributed by atoms with Gasteiger partial charge in [0.1, 0.15) is 0 Å². The third-order valence-electron chi connectivity index (χ3n) is 4.87. The molecule has 11 nitrogen and oxygen atoms in total. The van der Waals surface area contributed by atoms with Crippen molar-refractivity contribution in [1.29, 1.82) is 0 Å². The Balaban J connectivity index is 0.000000214. The third kappa shape index (κ3) is 7.40. The number of para-hydroxylation sites is 1. The average Bonchev–Trinajstić information content (AvgIpc) is 3.57. The number of carbonyl (C=O) groups excluding carboxylic acids is 2. The Labute approximate surface area is 215 Å². The summed E-state index contributed by atoms with van der Waals surface area (Å²) >= 11 is 1.63. The van der Waals surface area contributed by atoms with E-state index >= 15 is 0 Å². The molecule has 0 aliphatic carbocycles. The summed E-state index contributed by atoms with van der Waals surface area (Å²) in [6.07, 6.45) is 1.48. The van der Waals surface area contributed by atoms with Crippen LogP contribution in [0.25, 0.3) is 11.1 Å². The lowest BCUT2D eigenvalue weighted by Gasteiger charge is -2.05. The van der Waals surface area contributed by atoms with Crippen LogP contribution in [0.3, 0.4) is 0 Å². The van der Waals surface area contributed by atoms with Gasteiger partial charge in [0.15, 0.2) is 18.3 Å². The second-order valence-electron chi connectivity index (χ2n) is 7.40. The van der Waals surface area contributed by atoms with Gasteiger partial charge >= 0.3 is 5.69 Å². The molecule has 0 atom stereocenters. The summed E-state index contributed by atoms with van der Waals surface area (Å²) in [5.74, 6) is -1.06. The van der Waals surface area contributed by atoms with Crippen LogP contribution in [0.1, 0.15) is 25.8 Å². The zero-order valence-corrected chi connectivity index (χ0v) is 20.5. The van der Waals surface area contributed by atoms with Crippen LogP contribution in [0.4, 0.5) is 11.4 Å². The Bertz CT molecular complexity index is 1370. The Kier molecular flexibility index (Phi) is 9.35. The fourth-order valence-electron chi connectivity index (χ4n) is 3.14. The molecule has 37 heavy (non-hydrogen) atoms. The van der Waals surface area contributed by atoms with E-state index in [1.54, 1.807) is 17.4 Å². The number of ether oxygens (including phenoxy) is 2. The molecule has 2 amide bonds. The highest BCUT2D eigenvalue weighted by Crippen LogP contribution is 2.30. The molecular formula is C25H24N4O7S. The molecule has 0 unspecified atom stereocenters. The van der Waals surface area contributed by atoms with Crippen molar-refractivity contribution in [2.45, 2.75) is 6.54 Å². The van der Waals surface area contributed by atoms with Crippen molar-refractivity contribution in [1.82, 2.24) is 0 Å². The summed E-state index contributed by atoms with van der Waals surface area (Å²) in [5.41, 5.74) is 12.8. The smallest absolute Gasteiger partial charge is 0.311 e. The molecule has 192 valence electrons. The maximum Gasteiger partial charge on any atom is 0.311 e. The zero-order chi connectivity index (χ0) is 26.8. The number of nitrogens with zero attached hydrogens (tertiary/aromatic N) is 1. The normalized spacial score (nSPS) is 10.2. The number of primary amides is 2. The number of hydrogen-bond acceptors (Lipinski definition) is 9. The topological polar surface area (TPSA) is 173 Å². The molecule has 0 aliphatic rings. The zero-order valence-electron chi connectivity index (χ0n) is 19.7. The average molecular weight is 525 g/mol. The van der Waals surface area contributed by atoms with E-state index in [0.29, 0.717) is 0 Å². The van der Waals surface area contributed by atoms with Crippen molar-refractivity contribution >= 4 is 34.5 Å². The first kappa shape index (κ1) is 26.9. The lowest BCUT2D eigenvalue weighted by atomic mass is 10.1. The van der Waals surface area contributed by atoms with Crippen LogP contribution in [-0.4, -0.2) is 30.6 Å². The monoisotopic (exact) mass is 524 g/mol. The quantitative estimate of drug-likeness (QED) is 0.155. The number of anilines is 1. The van der Waals surface area contributed by atoms with E-state index in [1.807, 2.05) is 41.8 Å². The summed E-state index contributed by atoms with van der Waals surface area (Å²) in [6, 6.07) is 17.5. The van der Waals surface area contributed by atoms with Crippen molar-refractivity contribution in [3.63, 3.8) is 0 Å². The van der Waals surface area contributed by atoms with E-state index in [2.05, 4.69) is 10.1 Å². The van der Waals surface area contributed by atoms with Gasteiger partial charge in [0, 0.05) is 41.4 Å². The number of thiophene rings is 1. The third-order valence-corrected chi connectivity index (χ3v) is 5.80. The number of rotatable bonds is 10. The Morgan fingerprint density at radius 1 is 1.08 bits per heavy atom. The summed E-state index contributed by atoms with van der Waals surface area (Å²) < 4.78 is 14.7. The van der Waals surface area contributed by atoms with Crippen molar-refractivity contribution in [3.05, 3.63) is 98.6 Å². The molecule has 5 N–H and O–H groups in total. The molecule has 0 spiro atoms. The fraction of sp³-hybridized carbons (Fsp3) is 0.120. The molecule has 0 bridgehead atoms. The number of methoxy groups -OCH3 is 1. The molecule has 0 radical (unpaired) electrons. The second-order valence-corrected chi connectivity index (χ2v) is 8.40. The number of amides is 2. The van der Waals surface area contributed by atoms with Gasteiger partial charge in [-0.2, -0.15) is 0 Å². The molecule has 0 aliphatic heterocycles. The van der Waals surface area contributed by atoms with Gasteiger partial charge in [-0.05, 0) is 47.3 Å². The van der Waals surface area contributed by atoms with E-state index in [9.17, 15) is 19.7 Å². The molecule has 2 heterocycles. The first-order chi connectivity index (χ1) is 17.8. The SMILES string of the molecule is COCOc1ccc(C(N)=O)cc1[N+](=O)[O-].NC(=O)c1occc1-c1csc(CNc2ccccc2)c1. The highest BCUT2D eigenvalue weighted by molar-refractivity contribution is 7.10. The molecule has 0 saturated carbocycles. The molecule has 2 aromatic heterocycles. The van der Waals surface area contributed by atoms with E-state index in [1.165, 1.54) is 30.4 Å². The summed E-state index contributed by atoms with van der Waals surface area (Å²) in [5, 5.41) is 16.0. The van der Waals surface area contributed by atoms with E-state index in [0.717, 1.165) is 29.4 Å². The van der Waals surface area contributed by atoms with Crippen molar-refractivity contribution in [3.8, 4) is 16.9 Å². The highest BCUT2D eigenvalue weighted by atomic mass is 32.1. The van der Waals surface area contributed by atoms with Gasteiger partial charge in [-0.1, -0.05) is 18.2 Å². The fourth-order valence-corrected chi connectivity index (χ4v) is 3.97. The molecule has 4 aromatic rings. The summed E-state index contributed by atoms with van der Waals surface area (Å²) in [7, 11) is 1.39. The Hall–Kier alpha value is -4.68. The van der Waals surface area contributed by atoms with Gasteiger partial charge in [-0.25, -0.2) is 0 Å². The predicted octanol–water partition coefficient (Wildman–Crippen LogP) is 4.40. The van der Waals surface area contributed by atoms with Crippen LogP contribution >= 0.6 is 11.3 Å². The van der Waals surface area contributed by atoms with Gasteiger partial charge < -0.3 is 30.7 Å². The van der Waals surface area contributed by atoms with Gasteiger partial charge in [-0.15, -0.1) is 11.3 Å².